The Morgan fingerprint density at radius 1 is 1.05 bits per heavy atom. The van der Waals surface area contributed by atoms with E-state index in [1.165, 1.54) is 24.3 Å². The molecule has 0 aromatic heterocycles. The van der Waals surface area contributed by atoms with E-state index >= 15 is 0 Å². The largest absolute Gasteiger partial charge is 0.505 e. The Bertz CT molecular complexity index is 613. The lowest BCUT2D eigenvalue weighted by atomic mass is 10.2. The van der Waals surface area contributed by atoms with E-state index in [1.807, 2.05) is 0 Å². The zero-order valence-corrected chi connectivity index (χ0v) is 11.4. The molecule has 2 rings (SSSR count). The molecule has 0 amide bonds. The van der Waals surface area contributed by atoms with Gasteiger partial charge in [-0.3, -0.25) is 0 Å². The smallest absolute Gasteiger partial charge is 0.446 e. The van der Waals surface area contributed by atoms with Crippen molar-refractivity contribution in [2.45, 2.75) is 16.9 Å². The molecule has 7 heteroatoms. The molecule has 0 saturated carbocycles. The van der Waals surface area contributed by atoms with Crippen LogP contribution in [0.2, 0.25) is 0 Å². The molecule has 0 spiro atoms. The lowest BCUT2D eigenvalue weighted by Crippen LogP contribution is -2.01. The van der Waals surface area contributed by atoms with Crippen LogP contribution in [0.1, 0.15) is 5.56 Å². The fourth-order valence-corrected chi connectivity index (χ4v) is 2.17. The van der Waals surface area contributed by atoms with Crippen LogP contribution in [0, 0.1) is 5.82 Å². The second-order valence-electron chi connectivity index (χ2n) is 4.21. The van der Waals surface area contributed by atoms with Gasteiger partial charge >= 0.3 is 5.51 Å². The summed E-state index contributed by atoms with van der Waals surface area (Å²) in [6.07, 6.45) is 0. The maximum Gasteiger partial charge on any atom is 0.446 e. The van der Waals surface area contributed by atoms with Gasteiger partial charge in [-0.05, 0) is 41.6 Å². The average molecular weight is 317 g/mol. The van der Waals surface area contributed by atoms with Crippen molar-refractivity contribution in [2.75, 3.05) is 5.32 Å². The molecule has 0 bridgehead atoms. The lowest BCUT2D eigenvalue weighted by molar-refractivity contribution is -0.0328. The van der Waals surface area contributed by atoms with Crippen molar-refractivity contribution in [2.24, 2.45) is 0 Å². The molecule has 2 aromatic carbocycles. The Kier molecular flexibility index (Phi) is 4.62. The van der Waals surface area contributed by atoms with Crippen LogP contribution in [0.3, 0.4) is 0 Å². The van der Waals surface area contributed by atoms with E-state index in [0.717, 1.165) is 11.6 Å². The minimum Gasteiger partial charge on any atom is -0.505 e. The predicted octanol–water partition coefficient (Wildman–Crippen LogP) is 4.76. The van der Waals surface area contributed by atoms with Gasteiger partial charge in [0.25, 0.3) is 0 Å². The number of phenolic OH excluding ortho intramolecular Hbond substituents is 1. The van der Waals surface area contributed by atoms with Crippen LogP contribution in [0.4, 0.5) is 23.2 Å². The molecule has 0 aliphatic carbocycles. The van der Waals surface area contributed by atoms with Crippen molar-refractivity contribution in [1.29, 1.82) is 0 Å². The third kappa shape index (κ3) is 4.86. The zero-order chi connectivity index (χ0) is 15.5. The van der Waals surface area contributed by atoms with Gasteiger partial charge < -0.3 is 10.4 Å². The Balaban J connectivity index is 1.96. The first-order valence-corrected chi connectivity index (χ1v) is 6.72. The summed E-state index contributed by atoms with van der Waals surface area (Å²) in [5.41, 5.74) is -3.07. The second kappa shape index (κ2) is 6.26. The van der Waals surface area contributed by atoms with Crippen LogP contribution in [0.15, 0.2) is 47.4 Å². The van der Waals surface area contributed by atoms with Crippen LogP contribution in [-0.2, 0) is 6.54 Å². The third-order valence-electron chi connectivity index (χ3n) is 2.60. The van der Waals surface area contributed by atoms with Crippen molar-refractivity contribution in [3.05, 3.63) is 53.8 Å². The molecule has 112 valence electrons. The number of hydrogen-bond acceptors (Lipinski definition) is 3. The SMILES string of the molecule is Oc1ccc(NCc2ccc(SC(F)(F)F)cc2)cc1F. The lowest BCUT2D eigenvalue weighted by Gasteiger charge is -2.09. The first-order valence-electron chi connectivity index (χ1n) is 5.90. The fourth-order valence-electron chi connectivity index (χ4n) is 1.63. The van der Waals surface area contributed by atoms with Crippen LogP contribution >= 0.6 is 11.8 Å². The molecule has 0 heterocycles. The fraction of sp³-hybridized carbons (Fsp3) is 0.143. The maximum atomic E-state index is 13.1. The molecule has 21 heavy (non-hydrogen) atoms. The molecule has 0 aliphatic rings. The van der Waals surface area contributed by atoms with E-state index in [2.05, 4.69) is 5.32 Å². The van der Waals surface area contributed by atoms with Gasteiger partial charge in [-0.2, -0.15) is 13.2 Å². The highest BCUT2D eigenvalue weighted by atomic mass is 32.2. The number of phenols is 1. The summed E-state index contributed by atoms with van der Waals surface area (Å²) in [6.45, 7) is 0.335. The first kappa shape index (κ1) is 15.5. The number of thioether (sulfide) groups is 1. The van der Waals surface area contributed by atoms with Crippen molar-refractivity contribution in [1.82, 2.24) is 0 Å². The van der Waals surface area contributed by atoms with E-state index < -0.39 is 17.1 Å². The number of hydrogen-bond donors (Lipinski definition) is 2. The summed E-state index contributed by atoms with van der Waals surface area (Å²) in [4.78, 5) is 0.113. The molecule has 2 aromatic rings. The Morgan fingerprint density at radius 3 is 2.29 bits per heavy atom. The summed E-state index contributed by atoms with van der Waals surface area (Å²) >= 11 is -0.170. The van der Waals surface area contributed by atoms with Gasteiger partial charge in [0, 0.05) is 23.2 Å². The highest BCUT2D eigenvalue weighted by Gasteiger charge is 2.28. The van der Waals surface area contributed by atoms with Crippen molar-refractivity contribution in [3.8, 4) is 5.75 Å². The minimum absolute atomic E-state index is 0.113. The van der Waals surface area contributed by atoms with Gasteiger partial charge in [-0.15, -0.1) is 0 Å². The molecule has 2 nitrogen and oxygen atoms in total. The van der Waals surface area contributed by atoms with E-state index in [0.29, 0.717) is 12.2 Å². The van der Waals surface area contributed by atoms with Crippen molar-refractivity contribution >= 4 is 17.4 Å². The van der Waals surface area contributed by atoms with Crippen LogP contribution in [0.25, 0.3) is 0 Å². The number of alkyl halides is 3. The normalized spacial score (nSPS) is 11.4. The highest BCUT2D eigenvalue weighted by molar-refractivity contribution is 8.00. The molecule has 0 radical (unpaired) electrons. The standard InChI is InChI=1S/C14H11F4NOS/c15-12-7-10(3-6-13(12)20)19-8-9-1-4-11(5-2-9)21-14(16,17)18/h1-7,19-20H,8H2. The summed E-state index contributed by atoms with van der Waals surface area (Å²) in [5.74, 6) is -1.17. The van der Waals surface area contributed by atoms with Gasteiger partial charge in [0.05, 0.1) is 0 Å². The zero-order valence-electron chi connectivity index (χ0n) is 10.6. The first-order chi connectivity index (χ1) is 9.83. The molecule has 0 saturated heterocycles. The van der Waals surface area contributed by atoms with Crippen molar-refractivity contribution in [3.63, 3.8) is 0 Å². The van der Waals surface area contributed by atoms with E-state index in [1.54, 1.807) is 12.1 Å². The highest BCUT2D eigenvalue weighted by Crippen LogP contribution is 2.36. The predicted molar refractivity (Wildman–Crippen MR) is 73.7 cm³/mol. The minimum atomic E-state index is -4.30. The molecule has 0 atom stereocenters. The van der Waals surface area contributed by atoms with Crippen LogP contribution < -0.4 is 5.32 Å². The maximum absolute atomic E-state index is 13.1. The molecule has 0 unspecified atom stereocenters. The molecular formula is C14H11F4NOS. The topological polar surface area (TPSA) is 32.3 Å². The Hall–Kier alpha value is -1.89. The number of anilines is 1. The quantitative estimate of drug-likeness (QED) is 0.485. The van der Waals surface area contributed by atoms with Gasteiger partial charge in [0.1, 0.15) is 0 Å². The number of nitrogens with one attached hydrogen (secondary N) is 1. The second-order valence-corrected chi connectivity index (χ2v) is 5.35. The molecule has 0 fully saturated rings. The number of rotatable bonds is 4. The molecular weight excluding hydrogens is 306 g/mol. The Morgan fingerprint density at radius 2 is 1.71 bits per heavy atom. The van der Waals surface area contributed by atoms with E-state index in [-0.39, 0.29) is 16.7 Å². The van der Waals surface area contributed by atoms with Gasteiger partial charge in [0.2, 0.25) is 0 Å². The van der Waals surface area contributed by atoms with Gasteiger partial charge in [0.15, 0.2) is 11.6 Å². The van der Waals surface area contributed by atoms with Gasteiger partial charge in [-0.25, -0.2) is 4.39 Å². The summed E-state index contributed by atoms with van der Waals surface area (Å²) in [5, 5.41) is 12.0. The number of aromatic hydroxyl groups is 1. The number of benzene rings is 2. The summed E-state index contributed by atoms with van der Waals surface area (Å²) in [6, 6.07) is 9.77. The summed E-state index contributed by atoms with van der Waals surface area (Å²) < 4.78 is 49.6. The average Bonchev–Trinajstić information content (AvgIpc) is 2.40. The molecule has 0 aliphatic heterocycles. The number of halogens is 4. The van der Waals surface area contributed by atoms with Gasteiger partial charge in [-0.1, -0.05) is 12.1 Å². The Labute approximate surface area is 122 Å². The van der Waals surface area contributed by atoms with E-state index in [9.17, 15) is 17.6 Å². The van der Waals surface area contributed by atoms with Crippen molar-refractivity contribution < 1.29 is 22.7 Å². The monoisotopic (exact) mass is 317 g/mol. The molecule has 2 N–H and O–H groups in total. The third-order valence-corrected chi connectivity index (χ3v) is 3.34. The van der Waals surface area contributed by atoms with E-state index in [4.69, 9.17) is 5.11 Å². The summed E-state index contributed by atoms with van der Waals surface area (Å²) in [7, 11) is 0. The van der Waals surface area contributed by atoms with Crippen LogP contribution in [0.5, 0.6) is 5.75 Å². The van der Waals surface area contributed by atoms with Crippen LogP contribution in [-0.4, -0.2) is 10.6 Å².